The Balaban J connectivity index is 0.00000256. The third kappa shape index (κ3) is 5.29. The highest BCUT2D eigenvalue weighted by Crippen LogP contribution is 2.32. The van der Waals surface area contributed by atoms with Crippen LogP contribution in [0.15, 0.2) is 12.4 Å². The van der Waals surface area contributed by atoms with Crippen LogP contribution in [0.5, 0.6) is 0 Å². The first-order valence-corrected chi connectivity index (χ1v) is 5.18. The lowest BCUT2D eigenvalue weighted by molar-refractivity contribution is -0.136. The fraction of sp³-hybridized carbons (Fsp3) is 0.444. The summed E-state index contributed by atoms with van der Waals surface area (Å²) < 4.78 is 36.0. The van der Waals surface area contributed by atoms with Crippen molar-refractivity contribution in [3.8, 4) is 0 Å². The van der Waals surface area contributed by atoms with Crippen molar-refractivity contribution >= 4 is 35.6 Å². The summed E-state index contributed by atoms with van der Waals surface area (Å²) in [5, 5.41) is 0.365. The summed E-state index contributed by atoms with van der Waals surface area (Å²) in [4.78, 5) is 3.69. The maximum Gasteiger partial charge on any atom is 0.389 e. The van der Waals surface area contributed by atoms with E-state index in [-0.39, 0.29) is 28.9 Å². The molecule has 0 aromatic carbocycles. The van der Waals surface area contributed by atoms with Gasteiger partial charge in [0.15, 0.2) is 0 Å². The Morgan fingerprint density at radius 3 is 2.12 bits per heavy atom. The van der Waals surface area contributed by atoms with Crippen molar-refractivity contribution in [3.63, 3.8) is 0 Å². The number of pyridine rings is 1. The van der Waals surface area contributed by atoms with E-state index in [0.717, 1.165) is 0 Å². The molecule has 0 aliphatic carbocycles. The number of nitrogens with two attached hydrogens (primary N) is 1. The molecule has 0 aliphatic heterocycles. The first-order chi connectivity index (χ1) is 7.31. The van der Waals surface area contributed by atoms with Crippen LogP contribution in [-0.2, 0) is 0 Å². The number of hydrogen-bond donors (Lipinski definition) is 1. The topological polar surface area (TPSA) is 38.9 Å². The van der Waals surface area contributed by atoms with Crippen molar-refractivity contribution in [1.82, 2.24) is 4.98 Å². The number of aromatic nitrogens is 1. The van der Waals surface area contributed by atoms with Gasteiger partial charge in [-0.1, -0.05) is 23.2 Å². The molecule has 1 aromatic rings. The number of rotatable bonds is 3. The highest BCUT2D eigenvalue weighted by molar-refractivity contribution is 6.35. The molecule has 1 rings (SSSR count). The zero-order chi connectivity index (χ0) is 12.3. The van der Waals surface area contributed by atoms with Gasteiger partial charge in [-0.2, -0.15) is 13.2 Å². The molecule has 2 N–H and O–H groups in total. The molecular formula is C9H10Cl3F3N2. The van der Waals surface area contributed by atoms with Gasteiger partial charge in [-0.25, -0.2) is 0 Å². The first kappa shape index (κ1) is 16.8. The normalized spacial score (nSPS) is 13.1. The minimum absolute atomic E-state index is 0. The molecule has 17 heavy (non-hydrogen) atoms. The summed E-state index contributed by atoms with van der Waals surface area (Å²) in [6.45, 7) is 0. The van der Waals surface area contributed by atoms with E-state index >= 15 is 0 Å². The average Bonchev–Trinajstić information content (AvgIpc) is 2.13. The van der Waals surface area contributed by atoms with E-state index in [0.29, 0.717) is 5.56 Å². The number of hydrogen-bond acceptors (Lipinski definition) is 2. The Morgan fingerprint density at radius 1 is 1.24 bits per heavy atom. The highest BCUT2D eigenvalue weighted by atomic mass is 35.5. The average molecular weight is 310 g/mol. The Bertz CT molecular complexity index is 351. The Labute approximate surface area is 113 Å². The monoisotopic (exact) mass is 308 g/mol. The molecule has 2 nitrogen and oxygen atoms in total. The molecule has 0 radical (unpaired) electrons. The lowest BCUT2D eigenvalue weighted by atomic mass is 10.0. The minimum Gasteiger partial charge on any atom is -0.324 e. The van der Waals surface area contributed by atoms with E-state index < -0.39 is 18.6 Å². The number of halogens is 6. The SMILES string of the molecule is Cl.N[C@@H](CCC(F)(F)F)c1c(Cl)cncc1Cl. The third-order valence-corrected chi connectivity index (χ3v) is 2.60. The van der Waals surface area contributed by atoms with Crippen LogP contribution in [0, 0.1) is 0 Å². The van der Waals surface area contributed by atoms with E-state index in [4.69, 9.17) is 28.9 Å². The van der Waals surface area contributed by atoms with Crippen LogP contribution in [0.2, 0.25) is 10.0 Å². The molecule has 0 bridgehead atoms. The maximum atomic E-state index is 12.0. The predicted octanol–water partition coefficient (Wildman–Crippen LogP) is 4.15. The second-order valence-corrected chi connectivity index (χ2v) is 4.09. The zero-order valence-corrected chi connectivity index (χ0v) is 10.8. The lowest BCUT2D eigenvalue weighted by Crippen LogP contribution is -2.16. The quantitative estimate of drug-likeness (QED) is 0.911. The van der Waals surface area contributed by atoms with Gasteiger partial charge in [0.05, 0.1) is 10.0 Å². The highest BCUT2D eigenvalue weighted by Gasteiger charge is 2.28. The lowest BCUT2D eigenvalue weighted by Gasteiger charge is -2.15. The van der Waals surface area contributed by atoms with Crippen molar-refractivity contribution in [2.45, 2.75) is 25.1 Å². The molecular weight excluding hydrogens is 299 g/mol. The predicted molar refractivity (Wildman–Crippen MR) is 63.7 cm³/mol. The molecule has 1 aromatic heterocycles. The fourth-order valence-corrected chi connectivity index (χ4v) is 1.88. The Morgan fingerprint density at radius 2 is 1.71 bits per heavy atom. The van der Waals surface area contributed by atoms with E-state index in [1.807, 2.05) is 0 Å². The van der Waals surface area contributed by atoms with Crippen LogP contribution in [0.1, 0.15) is 24.4 Å². The van der Waals surface area contributed by atoms with Gasteiger partial charge in [0.2, 0.25) is 0 Å². The van der Waals surface area contributed by atoms with E-state index in [9.17, 15) is 13.2 Å². The summed E-state index contributed by atoms with van der Waals surface area (Å²) in [5.41, 5.74) is 5.92. The molecule has 98 valence electrons. The van der Waals surface area contributed by atoms with Gasteiger partial charge < -0.3 is 5.73 Å². The Kier molecular flexibility index (Phi) is 6.55. The van der Waals surface area contributed by atoms with Crippen LogP contribution < -0.4 is 5.73 Å². The summed E-state index contributed by atoms with van der Waals surface area (Å²) in [5.74, 6) is 0. The second kappa shape index (κ2) is 6.64. The molecule has 0 unspecified atom stereocenters. The third-order valence-electron chi connectivity index (χ3n) is 2.00. The second-order valence-electron chi connectivity index (χ2n) is 3.28. The molecule has 8 heteroatoms. The first-order valence-electron chi connectivity index (χ1n) is 4.42. The van der Waals surface area contributed by atoms with Crippen molar-refractivity contribution < 1.29 is 13.2 Å². The maximum absolute atomic E-state index is 12.0. The molecule has 1 heterocycles. The summed E-state index contributed by atoms with van der Waals surface area (Å²) >= 11 is 11.5. The van der Waals surface area contributed by atoms with Crippen molar-refractivity contribution in [2.24, 2.45) is 5.73 Å². The van der Waals surface area contributed by atoms with Gasteiger partial charge in [-0.05, 0) is 6.42 Å². The van der Waals surface area contributed by atoms with E-state index in [1.54, 1.807) is 0 Å². The summed E-state index contributed by atoms with van der Waals surface area (Å²) in [7, 11) is 0. The van der Waals surface area contributed by atoms with Gasteiger partial charge >= 0.3 is 6.18 Å². The van der Waals surface area contributed by atoms with Crippen LogP contribution in [0.25, 0.3) is 0 Å². The molecule has 0 spiro atoms. The molecule has 0 saturated carbocycles. The van der Waals surface area contributed by atoms with Crippen LogP contribution in [-0.4, -0.2) is 11.2 Å². The van der Waals surface area contributed by atoms with Gasteiger partial charge in [-0.15, -0.1) is 12.4 Å². The van der Waals surface area contributed by atoms with Crippen LogP contribution in [0.4, 0.5) is 13.2 Å². The van der Waals surface area contributed by atoms with Crippen LogP contribution in [0.3, 0.4) is 0 Å². The van der Waals surface area contributed by atoms with Gasteiger partial charge in [-0.3, -0.25) is 4.98 Å². The molecule has 0 amide bonds. The van der Waals surface area contributed by atoms with Gasteiger partial charge in [0.1, 0.15) is 0 Å². The summed E-state index contributed by atoms with van der Waals surface area (Å²) in [6.07, 6.45) is -2.86. The van der Waals surface area contributed by atoms with Crippen molar-refractivity contribution in [1.29, 1.82) is 0 Å². The standard InChI is InChI=1S/C9H9Cl2F3N2.ClH/c10-5-3-16-4-6(11)8(5)7(15)1-2-9(12,13)14;/h3-4,7H,1-2,15H2;1H/t7-;/m0./s1. The zero-order valence-electron chi connectivity index (χ0n) is 8.47. The molecule has 1 atom stereocenters. The number of alkyl halides is 3. The van der Waals surface area contributed by atoms with E-state index in [1.165, 1.54) is 12.4 Å². The number of nitrogens with zero attached hydrogens (tertiary/aromatic N) is 1. The summed E-state index contributed by atoms with van der Waals surface area (Å²) in [6, 6.07) is -0.843. The van der Waals surface area contributed by atoms with Crippen LogP contribution >= 0.6 is 35.6 Å². The largest absolute Gasteiger partial charge is 0.389 e. The van der Waals surface area contributed by atoms with E-state index in [2.05, 4.69) is 4.98 Å². The Hall–Kier alpha value is -0.230. The van der Waals surface area contributed by atoms with Crippen molar-refractivity contribution in [2.75, 3.05) is 0 Å². The van der Waals surface area contributed by atoms with Gasteiger partial charge in [0, 0.05) is 30.4 Å². The molecule has 0 fully saturated rings. The van der Waals surface area contributed by atoms with Crippen molar-refractivity contribution in [3.05, 3.63) is 28.0 Å². The molecule has 0 aliphatic rings. The fourth-order valence-electron chi connectivity index (χ4n) is 1.24. The minimum atomic E-state index is -4.23. The molecule has 0 saturated heterocycles. The van der Waals surface area contributed by atoms with Gasteiger partial charge in [0.25, 0.3) is 0 Å². The smallest absolute Gasteiger partial charge is 0.324 e.